The number of rotatable bonds is 6. The number of aromatic hydroxyl groups is 2. The minimum atomic E-state index is -2.22. The average molecular weight is 344 g/mol. The summed E-state index contributed by atoms with van der Waals surface area (Å²) in [7, 11) is 0. The van der Waals surface area contributed by atoms with Gasteiger partial charge in [-0.2, -0.15) is 0 Å². The molecule has 0 saturated carbocycles. The number of hydrogen-bond acceptors (Lipinski definition) is 6. The Kier molecular flexibility index (Phi) is 5.41. The maximum atomic E-state index is 12.0. The van der Waals surface area contributed by atoms with Crippen LogP contribution in [0.2, 0.25) is 0 Å². The summed E-state index contributed by atoms with van der Waals surface area (Å²) in [6.07, 6.45) is 2.23. The first-order valence-electron chi connectivity index (χ1n) is 7.22. The number of phenolic OH excluding ortho intramolecular Hbond substituents is 2. The SMILES string of the molecule is O=C(C=Cc1ccc(O)c(O)c1)OC(CO)(C(=O)O)c1ccccc1. The highest BCUT2D eigenvalue weighted by Gasteiger charge is 2.44. The van der Waals surface area contributed by atoms with E-state index >= 15 is 0 Å². The number of carboxylic acid groups (broad SMARTS) is 1. The predicted octanol–water partition coefficient (Wildman–Crippen LogP) is 1.63. The van der Waals surface area contributed by atoms with E-state index in [1.165, 1.54) is 36.4 Å². The van der Waals surface area contributed by atoms with Crippen molar-refractivity contribution in [3.05, 3.63) is 65.7 Å². The Hall–Kier alpha value is -3.32. The van der Waals surface area contributed by atoms with Crippen molar-refractivity contribution in [2.24, 2.45) is 0 Å². The van der Waals surface area contributed by atoms with E-state index in [1.807, 2.05) is 0 Å². The Morgan fingerprint density at radius 2 is 1.72 bits per heavy atom. The largest absolute Gasteiger partial charge is 0.504 e. The van der Waals surface area contributed by atoms with Crippen LogP contribution in [0.4, 0.5) is 0 Å². The molecule has 2 aromatic carbocycles. The quantitative estimate of drug-likeness (QED) is 0.356. The van der Waals surface area contributed by atoms with Crippen LogP contribution < -0.4 is 0 Å². The summed E-state index contributed by atoms with van der Waals surface area (Å²) in [5.74, 6) is -3.18. The van der Waals surface area contributed by atoms with Gasteiger partial charge in [0, 0.05) is 11.6 Å². The molecule has 0 aromatic heterocycles. The minimum absolute atomic E-state index is 0.119. The van der Waals surface area contributed by atoms with E-state index in [0.29, 0.717) is 5.56 Å². The van der Waals surface area contributed by atoms with Gasteiger partial charge in [0.2, 0.25) is 0 Å². The lowest BCUT2D eigenvalue weighted by Gasteiger charge is -2.27. The molecule has 1 atom stereocenters. The third kappa shape index (κ3) is 3.96. The normalized spacial score (nSPS) is 13.3. The molecule has 130 valence electrons. The van der Waals surface area contributed by atoms with Gasteiger partial charge in [0.1, 0.15) is 0 Å². The molecule has 2 rings (SSSR count). The third-order valence-corrected chi connectivity index (χ3v) is 3.49. The summed E-state index contributed by atoms with van der Waals surface area (Å²) < 4.78 is 5.02. The molecular weight excluding hydrogens is 328 g/mol. The Morgan fingerprint density at radius 1 is 1.04 bits per heavy atom. The number of carbonyl (C=O) groups is 2. The van der Waals surface area contributed by atoms with Crippen molar-refractivity contribution < 1.29 is 34.8 Å². The molecule has 0 saturated heterocycles. The van der Waals surface area contributed by atoms with Gasteiger partial charge in [-0.3, -0.25) is 0 Å². The number of phenols is 2. The third-order valence-electron chi connectivity index (χ3n) is 3.49. The number of aliphatic hydroxyl groups excluding tert-OH is 1. The first-order valence-corrected chi connectivity index (χ1v) is 7.22. The van der Waals surface area contributed by atoms with Gasteiger partial charge < -0.3 is 25.2 Å². The van der Waals surface area contributed by atoms with Crippen molar-refractivity contribution in [3.8, 4) is 11.5 Å². The summed E-state index contributed by atoms with van der Waals surface area (Å²) >= 11 is 0. The van der Waals surface area contributed by atoms with Crippen LogP contribution in [0.25, 0.3) is 6.08 Å². The second kappa shape index (κ2) is 7.50. The zero-order valence-corrected chi connectivity index (χ0v) is 13.0. The molecule has 7 heteroatoms. The molecule has 7 nitrogen and oxygen atoms in total. The number of aliphatic carboxylic acids is 1. The van der Waals surface area contributed by atoms with Crippen molar-refractivity contribution in [1.29, 1.82) is 0 Å². The number of aliphatic hydroxyl groups is 1. The Morgan fingerprint density at radius 3 is 2.28 bits per heavy atom. The molecule has 0 aliphatic carbocycles. The van der Waals surface area contributed by atoms with Gasteiger partial charge in [0.15, 0.2) is 11.5 Å². The van der Waals surface area contributed by atoms with E-state index < -0.39 is 24.1 Å². The van der Waals surface area contributed by atoms with Crippen molar-refractivity contribution in [1.82, 2.24) is 0 Å². The van der Waals surface area contributed by atoms with Crippen LogP contribution >= 0.6 is 0 Å². The number of hydrogen-bond donors (Lipinski definition) is 4. The van der Waals surface area contributed by atoms with E-state index in [4.69, 9.17) is 4.74 Å². The first kappa shape index (κ1) is 18.0. The van der Waals surface area contributed by atoms with E-state index in [2.05, 4.69) is 0 Å². The van der Waals surface area contributed by atoms with Crippen LogP contribution in [0, 0.1) is 0 Å². The van der Waals surface area contributed by atoms with Crippen molar-refractivity contribution in [3.63, 3.8) is 0 Å². The molecule has 0 bridgehead atoms. The fourth-order valence-corrected chi connectivity index (χ4v) is 2.14. The Balaban J connectivity index is 2.24. The smallest absolute Gasteiger partial charge is 0.355 e. The van der Waals surface area contributed by atoms with Crippen LogP contribution in [0.1, 0.15) is 11.1 Å². The highest BCUT2D eigenvalue weighted by atomic mass is 16.6. The second-order valence-corrected chi connectivity index (χ2v) is 5.16. The topological polar surface area (TPSA) is 124 Å². The van der Waals surface area contributed by atoms with Gasteiger partial charge >= 0.3 is 11.9 Å². The summed E-state index contributed by atoms with van der Waals surface area (Å²) in [6, 6.07) is 11.5. The highest BCUT2D eigenvalue weighted by Crippen LogP contribution is 2.27. The van der Waals surface area contributed by atoms with Crippen LogP contribution in [-0.2, 0) is 19.9 Å². The van der Waals surface area contributed by atoms with E-state index in [0.717, 1.165) is 6.08 Å². The standard InChI is InChI=1S/C18H16O7/c19-11-18(17(23)24,13-4-2-1-3-5-13)25-16(22)9-7-12-6-8-14(20)15(21)10-12/h1-10,19-21H,11H2,(H,23,24). The summed E-state index contributed by atoms with van der Waals surface area (Å²) in [6.45, 7) is -0.939. The van der Waals surface area contributed by atoms with E-state index in [9.17, 15) is 30.0 Å². The van der Waals surface area contributed by atoms with Gasteiger partial charge in [-0.1, -0.05) is 36.4 Å². The molecule has 0 aliphatic heterocycles. The lowest BCUT2D eigenvalue weighted by Crippen LogP contribution is -2.43. The summed E-state index contributed by atoms with van der Waals surface area (Å²) in [5.41, 5.74) is -1.72. The van der Waals surface area contributed by atoms with Gasteiger partial charge in [-0.15, -0.1) is 0 Å². The Bertz CT molecular complexity index is 798. The molecule has 2 aromatic rings. The molecule has 0 spiro atoms. The van der Waals surface area contributed by atoms with Gasteiger partial charge in [0.25, 0.3) is 5.60 Å². The van der Waals surface area contributed by atoms with E-state index in [-0.39, 0.29) is 17.1 Å². The van der Waals surface area contributed by atoms with Crippen molar-refractivity contribution >= 4 is 18.0 Å². The monoisotopic (exact) mass is 344 g/mol. The molecule has 25 heavy (non-hydrogen) atoms. The maximum absolute atomic E-state index is 12.0. The van der Waals surface area contributed by atoms with E-state index in [1.54, 1.807) is 18.2 Å². The van der Waals surface area contributed by atoms with Gasteiger partial charge in [0.05, 0.1) is 6.61 Å². The molecular formula is C18H16O7. The number of carbonyl (C=O) groups excluding carboxylic acids is 1. The molecule has 0 amide bonds. The van der Waals surface area contributed by atoms with Crippen LogP contribution in [0.5, 0.6) is 11.5 Å². The number of carboxylic acids is 1. The zero-order chi connectivity index (χ0) is 18.4. The fraction of sp³-hybridized carbons (Fsp3) is 0.111. The minimum Gasteiger partial charge on any atom is -0.504 e. The molecule has 0 fully saturated rings. The second-order valence-electron chi connectivity index (χ2n) is 5.16. The lowest BCUT2D eigenvalue weighted by molar-refractivity contribution is -0.182. The Labute approximate surface area is 143 Å². The van der Waals surface area contributed by atoms with Crippen LogP contribution in [0.15, 0.2) is 54.6 Å². The summed E-state index contributed by atoms with van der Waals surface area (Å²) in [5, 5.41) is 37.6. The van der Waals surface area contributed by atoms with Crippen molar-refractivity contribution in [2.45, 2.75) is 5.60 Å². The maximum Gasteiger partial charge on any atom is 0.355 e. The molecule has 4 N–H and O–H groups in total. The van der Waals surface area contributed by atoms with Crippen LogP contribution in [0.3, 0.4) is 0 Å². The number of benzene rings is 2. The molecule has 0 heterocycles. The zero-order valence-electron chi connectivity index (χ0n) is 13.0. The predicted molar refractivity (Wildman–Crippen MR) is 87.7 cm³/mol. The average Bonchev–Trinajstić information content (AvgIpc) is 2.61. The summed E-state index contributed by atoms with van der Waals surface area (Å²) in [4.78, 5) is 23.6. The molecule has 0 aliphatic rings. The highest BCUT2D eigenvalue weighted by molar-refractivity contribution is 5.91. The number of ether oxygens (including phenoxy) is 1. The lowest BCUT2D eigenvalue weighted by atomic mass is 9.94. The van der Waals surface area contributed by atoms with Crippen LogP contribution in [-0.4, -0.2) is 39.0 Å². The first-order chi connectivity index (χ1) is 11.9. The molecule has 1 unspecified atom stereocenters. The molecule has 0 radical (unpaired) electrons. The van der Waals surface area contributed by atoms with Gasteiger partial charge in [-0.25, -0.2) is 9.59 Å². The number of esters is 1. The van der Waals surface area contributed by atoms with Gasteiger partial charge in [-0.05, 0) is 23.8 Å². The fourth-order valence-electron chi connectivity index (χ4n) is 2.14. The van der Waals surface area contributed by atoms with Crippen molar-refractivity contribution in [2.75, 3.05) is 6.61 Å².